The molecule has 1 fully saturated rings. The van der Waals surface area contributed by atoms with E-state index in [4.69, 9.17) is 14.2 Å². The molecule has 0 saturated carbocycles. The Bertz CT molecular complexity index is 837. The number of rotatable bonds is 7. The van der Waals surface area contributed by atoms with Gasteiger partial charge in [0.25, 0.3) is 5.91 Å². The highest BCUT2D eigenvalue weighted by molar-refractivity contribution is 5.95. The van der Waals surface area contributed by atoms with Crippen LogP contribution in [0.15, 0.2) is 36.4 Å². The number of nitrogens with one attached hydrogen (secondary N) is 1. The molecule has 0 radical (unpaired) electrons. The highest BCUT2D eigenvalue weighted by Crippen LogP contribution is 2.27. The zero-order chi connectivity index (χ0) is 20.1. The summed E-state index contributed by atoms with van der Waals surface area (Å²) in [5.74, 6) is -1.83. The standard InChI is InChI=1S/C21H23F2NO4/c1-13-5-8-19(20(10-13)27-12-16-4-3-9-26-16)24-21(25)14(2)28-15-6-7-17(22)18(23)11-15/h5-8,10-11,14,16H,3-4,9,12H2,1-2H3,(H,24,25). The van der Waals surface area contributed by atoms with Crippen molar-refractivity contribution in [1.29, 1.82) is 0 Å². The van der Waals surface area contributed by atoms with E-state index in [1.807, 2.05) is 19.1 Å². The topological polar surface area (TPSA) is 56.8 Å². The smallest absolute Gasteiger partial charge is 0.265 e. The van der Waals surface area contributed by atoms with Crippen LogP contribution in [-0.2, 0) is 9.53 Å². The van der Waals surface area contributed by atoms with Crippen LogP contribution in [0.1, 0.15) is 25.3 Å². The zero-order valence-electron chi connectivity index (χ0n) is 15.8. The molecule has 1 aliphatic heterocycles. The summed E-state index contributed by atoms with van der Waals surface area (Å²) in [5.41, 5.74) is 1.50. The van der Waals surface area contributed by atoms with Crippen molar-refractivity contribution >= 4 is 11.6 Å². The molecule has 0 aromatic heterocycles. The summed E-state index contributed by atoms with van der Waals surface area (Å²) < 4.78 is 43.1. The van der Waals surface area contributed by atoms with E-state index in [1.165, 1.54) is 13.0 Å². The van der Waals surface area contributed by atoms with E-state index in [9.17, 15) is 13.6 Å². The fraction of sp³-hybridized carbons (Fsp3) is 0.381. The number of amides is 1. The van der Waals surface area contributed by atoms with Gasteiger partial charge in [0.1, 0.15) is 18.1 Å². The van der Waals surface area contributed by atoms with Crippen molar-refractivity contribution in [2.45, 2.75) is 38.9 Å². The third-order valence-corrected chi connectivity index (χ3v) is 4.42. The Labute approximate surface area is 162 Å². The lowest BCUT2D eigenvalue weighted by molar-refractivity contribution is -0.122. The molecule has 28 heavy (non-hydrogen) atoms. The van der Waals surface area contributed by atoms with Crippen LogP contribution >= 0.6 is 0 Å². The first-order valence-electron chi connectivity index (χ1n) is 9.20. The minimum absolute atomic E-state index is 0.0553. The first-order chi connectivity index (χ1) is 13.4. The van der Waals surface area contributed by atoms with E-state index in [2.05, 4.69) is 5.32 Å². The Morgan fingerprint density at radius 3 is 2.79 bits per heavy atom. The molecule has 0 bridgehead atoms. The molecule has 150 valence electrons. The maximum atomic E-state index is 13.3. The number of hydrogen-bond donors (Lipinski definition) is 1. The molecule has 5 nitrogen and oxygen atoms in total. The second-order valence-corrected chi connectivity index (χ2v) is 6.77. The third-order valence-electron chi connectivity index (χ3n) is 4.42. The van der Waals surface area contributed by atoms with Crippen LogP contribution in [0.3, 0.4) is 0 Å². The van der Waals surface area contributed by atoms with Gasteiger partial charge in [-0.2, -0.15) is 0 Å². The highest BCUT2D eigenvalue weighted by Gasteiger charge is 2.20. The van der Waals surface area contributed by atoms with Gasteiger partial charge in [-0.25, -0.2) is 8.78 Å². The van der Waals surface area contributed by atoms with Crippen molar-refractivity contribution in [1.82, 2.24) is 0 Å². The Morgan fingerprint density at radius 1 is 1.25 bits per heavy atom. The molecular weight excluding hydrogens is 368 g/mol. The molecule has 2 aromatic carbocycles. The first-order valence-corrected chi connectivity index (χ1v) is 9.20. The average Bonchev–Trinajstić information content (AvgIpc) is 3.18. The van der Waals surface area contributed by atoms with Crippen molar-refractivity contribution in [2.24, 2.45) is 0 Å². The van der Waals surface area contributed by atoms with Gasteiger partial charge in [0, 0.05) is 12.7 Å². The van der Waals surface area contributed by atoms with Crippen molar-refractivity contribution < 1.29 is 27.8 Å². The minimum atomic E-state index is -1.03. The molecule has 1 aliphatic rings. The van der Waals surface area contributed by atoms with E-state index in [0.717, 1.165) is 37.1 Å². The van der Waals surface area contributed by atoms with E-state index < -0.39 is 23.6 Å². The van der Waals surface area contributed by atoms with Gasteiger partial charge in [-0.1, -0.05) is 6.07 Å². The largest absolute Gasteiger partial charge is 0.489 e. The van der Waals surface area contributed by atoms with Crippen molar-refractivity contribution in [2.75, 3.05) is 18.5 Å². The normalized spacial score (nSPS) is 17.2. The Balaban J connectivity index is 1.64. The van der Waals surface area contributed by atoms with Crippen LogP contribution in [0.4, 0.5) is 14.5 Å². The van der Waals surface area contributed by atoms with E-state index in [-0.39, 0.29) is 11.9 Å². The van der Waals surface area contributed by atoms with Crippen LogP contribution in [0.25, 0.3) is 0 Å². The Hall–Kier alpha value is -2.67. The lowest BCUT2D eigenvalue weighted by atomic mass is 10.2. The predicted molar refractivity (Wildman–Crippen MR) is 101 cm³/mol. The molecule has 1 N–H and O–H groups in total. The van der Waals surface area contributed by atoms with Crippen molar-refractivity contribution in [3.63, 3.8) is 0 Å². The number of ether oxygens (including phenoxy) is 3. The average molecular weight is 391 g/mol. The number of carbonyl (C=O) groups excluding carboxylic acids is 1. The number of carbonyl (C=O) groups is 1. The first kappa shape index (κ1) is 20.1. The third kappa shape index (κ3) is 5.19. The summed E-state index contributed by atoms with van der Waals surface area (Å²) in [6.45, 7) is 4.61. The monoisotopic (exact) mass is 391 g/mol. The Morgan fingerprint density at radius 2 is 2.07 bits per heavy atom. The van der Waals surface area contributed by atoms with Crippen LogP contribution in [0, 0.1) is 18.6 Å². The van der Waals surface area contributed by atoms with Gasteiger partial charge in [0.2, 0.25) is 0 Å². The van der Waals surface area contributed by atoms with Crippen LogP contribution in [-0.4, -0.2) is 31.3 Å². The van der Waals surface area contributed by atoms with Crippen molar-refractivity contribution in [3.8, 4) is 11.5 Å². The van der Waals surface area contributed by atoms with Gasteiger partial charge in [0.15, 0.2) is 17.7 Å². The molecule has 1 amide bonds. The maximum Gasteiger partial charge on any atom is 0.265 e. The van der Waals surface area contributed by atoms with Gasteiger partial charge < -0.3 is 19.5 Å². The van der Waals surface area contributed by atoms with Crippen LogP contribution in [0.5, 0.6) is 11.5 Å². The van der Waals surface area contributed by atoms with Gasteiger partial charge in [-0.15, -0.1) is 0 Å². The summed E-state index contributed by atoms with van der Waals surface area (Å²) in [6, 6.07) is 8.57. The number of anilines is 1. The number of halogens is 2. The fourth-order valence-electron chi connectivity index (χ4n) is 2.85. The number of hydrogen-bond acceptors (Lipinski definition) is 4. The highest BCUT2D eigenvalue weighted by atomic mass is 19.2. The molecule has 2 atom stereocenters. The summed E-state index contributed by atoms with van der Waals surface area (Å²) in [4.78, 5) is 12.5. The van der Waals surface area contributed by atoms with Gasteiger partial charge in [-0.05, 0) is 56.5 Å². The quantitative estimate of drug-likeness (QED) is 0.767. The van der Waals surface area contributed by atoms with Crippen molar-refractivity contribution in [3.05, 3.63) is 53.6 Å². The molecule has 3 rings (SSSR count). The molecule has 0 spiro atoms. The lowest BCUT2D eigenvalue weighted by Crippen LogP contribution is -2.30. The van der Waals surface area contributed by atoms with Gasteiger partial charge in [0.05, 0.1) is 11.8 Å². The zero-order valence-corrected chi connectivity index (χ0v) is 15.8. The van der Waals surface area contributed by atoms with Gasteiger partial charge in [-0.3, -0.25) is 4.79 Å². The molecule has 7 heteroatoms. The second-order valence-electron chi connectivity index (χ2n) is 6.77. The van der Waals surface area contributed by atoms with E-state index in [1.54, 1.807) is 6.07 Å². The maximum absolute atomic E-state index is 13.3. The SMILES string of the molecule is Cc1ccc(NC(=O)C(C)Oc2ccc(F)c(F)c2)c(OCC2CCCO2)c1. The predicted octanol–water partition coefficient (Wildman–Crippen LogP) is 4.24. The van der Waals surface area contributed by atoms with E-state index in [0.29, 0.717) is 18.0 Å². The molecule has 2 aromatic rings. The Kier molecular flexibility index (Phi) is 6.46. The summed E-state index contributed by atoms with van der Waals surface area (Å²) in [5, 5.41) is 2.76. The molecule has 2 unspecified atom stereocenters. The fourth-order valence-corrected chi connectivity index (χ4v) is 2.85. The summed E-state index contributed by atoms with van der Waals surface area (Å²) in [6.07, 6.45) is 1.11. The molecular formula is C21H23F2NO4. The summed E-state index contributed by atoms with van der Waals surface area (Å²) >= 11 is 0. The van der Waals surface area contributed by atoms with E-state index >= 15 is 0 Å². The second kappa shape index (κ2) is 9.01. The molecule has 1 saturated heterocycles. The lowest BCUT2D eigenvalue weighted by Gasteiger charge is -2.18. The van der Waals surface area contributed by atoms with Gasteiger partial charge >= 0.3 is 0 Å². The number of benzene rings is 2. The molecule has 0 aliphatic carbocycles. The molecule has 1 heterocycles. The summed E-state index contributed by atoms with van der Waals surface area (Å²) in [7, 11) is 0. The van der Waals surface area contributed by atoms with Crippen LogP contribution in [0.2, 0.25) is 0 Å². The van der Waals surface area contributed by atoms with Crippen LogP contribution < -0.4 is 14.8 Å². The minimum Gasteiger partial charge on any atom is -0.489 e. The number of aryl methyl sites for hydroxylation is 1.